The summed E-state index contributed by atoms with van der Waals surface area (Å²) in [5.74, 6) is 0. The van der Waals surface area contributed by atoms with Crippen molar-refractivity contribution >= 4 is 20.7 Å². The molecule has 0 saturated heterocycles. The van der Waals surface area contributed by atoms with Crippen molar-refractivity contribution in [1.29, 1.82) is 0 Å². The Kier molecular flexibility index (Phi) is 4.57. The van der Waals surface area contributed by atoms with Crippen molar-refractivity contribution in [3.8, 4) is 11.1 Å². The lowest BCUT2D eigenvalue weighted by atomic mass is 9.97. The molecule has 0 amide bonds. The Labute approximate surface area is 144 Å². The van der Waals surface area contributed by atoms with Crippen LogP contribution in [-0.4, -0.2) is 35.0 Å². The third kappa shape index (κ3) is 3.40. The number of hydrogen-bond donors (Lipinski definition) is 3. The smallest absolute Gasteiger partial charge is 0.179 e. The fraction of sp³-hybridized carbons (Fsp3) is 0.167. The van der Waals surface area contributed by atoms with E-state index in [1.165, 1.54) is 24.4 Å². The van der Waals surface area contributed by atoms with E-state index in [-0.39, 0.29) is 11.5 Å². The molecule has 3 rings (SSSR count). The monoisotopic (exact) mass is 359 g/mol. The van der Waals surface area contributed by atoms with Gasteiger partial charge in [-0.15, -0.1) is 0 Å². The minimum atomic E-state index is -3.37. The molecular weight excluding hydrogens is 342 g/mol. The average molecular weight is 359 g/mol. The first-order valence-electron chi connectivity index (χ1n) is 7.50. The number of aliphatic hydroxyl groups is 3. The van der Waals surface area contributed by atoms with Crippen LogP contribution in [0.1, 0.15) is 17.4 Å². The fourth-order valence-electron chi connectivity index (χ4n) is 2.77. The van der Waals surface area contributed by atoms with Crippen LogP contribution in [-0.2, 0) is 16.4 Å². The molecule has 1 aromatic heterocycles. The number of sulfone groups is 1. The molecule has 0 spiro atoms. The maximum absolute atomic E-state index is 11.7. The molecule has 6 nitrogen and oxygen atoms in total. The minimum Gasteiger partial charge on any atom is -0.392 e. The molecule has 1 heterocycles. The number of aliphatic hydroxyl groups excluding tert-OH is 2. The Morgan fingerprint density at radius 3 is 2.48 bits per heavy atom. The summed E-state index contributed by atoms with van der Waals surface area (Å²) >= 11 is 0. The summed E-state index contributed by atoms with van der Waals surface area (Å²) in [5, 5.41) is 29.3. The van der Waals surface area contributed by atoms with Gasteiger partial charge in [0.15, 0.2) is 16.1 Å². The van der Waals surface area contributed by atoms with Crippen molar-refractivity contribution in [2.24, 2.45) is 0 Å². The van der Waals surface area contributed by atoms with E-state index in [1.54, 1.807) is 24.3 Å². The summed E-state index contributed by atoms with van der Waals surface area (Å²) in [6, 6.07) is 11.4. The van der Waals surface area contributed by atoms with Crippen molar-refractivity contribution in [1.82, 2.24) is 4.98 Å². The van der Waals surface area contributed by atoms with E-state index in [4.69, 9.17) is 0 Å². The summed E-state index contributed by atoms with van der Waals surface area (Å²) in [7, 11) is -3.37. The summed E-state index contributed by atoms with van der Waals surface area (Å²) in [5.41, 5.74) is 2.78. The summed E-state index contributed by atoms with van der Waals surface area (Å²) < 4.78 is 23.4. The molecule has 0 saturated carbocycles. The molecule has 0 fully saturated rings. The number of pyridine rings is 1. The first-order valence-corrected chi connectivity index (χ1v) is 9.39. The van der Waals surface area contributed by atoms with Crippen molar-refractivity contribution in [3.05, 3.63) is 59.8 Å². The topological polar surface area (TPSA) is 108 Å². The molecule has 3 aromatic rings. The second-order valence-electron chi connectivity index (χ2n) is 5.76. The summed E-state index contributed by atoms with van der Waals surface area (Å²) in [6.07, 6.45) is 0.974. The van der Waals surface area contributed by atoms with Crippen LogP contribution in [0, 0.1) is 0 Å². The Morgan fingerprint density at radius 2 is 1.84 bits per heavy atom. The number of benzene rings is 2. The van der Waals surface area contributed by atoms with Crippen molar-refractivity contribution in [3.63, 3.8) is 0 Å². The van der Waals surface area contributed by atoms with Gasteiger partial charge in [0.25, 0.3) is 0 Å². The molecule has 0 aliphatic heterocycles. The lowest BCUT2D eigenvalue weighted by Gasteiger charge is -2.12. The van der Waals surface area contributed by atoms with E-state index in [0.29, 0.717) is 33.2 Å². The average Bonchev–Trinajstić information content (AvgIpc) is 2.59. The second-order valence-corrected chi connectivity index (χ2v) is 7.77. The third-order valence-corrected chi connectivity index (χ3v) is 5.15. The molecule has 0 aliphatic carbocycles. The third-order valence-electron chi connectivity index (χ3n) is 4.04. The van der Waals surface area contributed by atoms with Crippen LogP contribution in [0.25, 0.3) is 22.0 Å². The highest BCUT2D eigenvalue weighted by Crippen LogP contribution is 2.31. The van der Waals surface area contributed by atoms with Crippen LogP contribution < -0.4 is 0 Å². The molecule has 3 N–H and O–H groups in total. The first-order chi connectivity index (χ1) is 11.8. The van der Waals surface area contributed by atoms with Gasteiger partial charge >= 0.3 is 0 Å². The van der Waals surface area contributed by atoms with Crippen LogP contribution in [0.4, 0.5) is 0 Å². The van der Waals surface area contributed by atoms with Crippen molar-refractivity contribution in [2.45, 2.75) is 17.8 Å². The first kappa shape index (κ1) is 17.5. The molecule has 7 heteroatoms. The Balaban J connectivity index is 2.21. The number of hydrogen-bond acceptors (Lipinski definition) is 6. The normalized spacial score (nSPS) is 12.0. The van der Waals surface area contributed by atoms with Gasteiger partial charge in [-0.3, -0.25) is 4.98 Å². The highest BCUT2D eigenvalue weighted by Gasteiger charge is 2.14. The van der Waals surface area contributed by atoms with E-state index in [2.05, 4.69) is 4.98 Å². The van der Waals surface area contributed by atoms with Crippen LogP contribution in [0.2, 0.25) is 0 Å². The predicted octanol–water partition coefficient (Wildman–Crippen LogP) is 1.78. The molecular formula is C18H17NO5S. The van der Waals surface area contributed by atoms with Crippen molar-refractivity contribution < 1.29 is 23.7 Å². The van der Waals surface area contributed by atoms with Gasteiger partial charge in [0.05, 0.1) is 17.0 Å². The Bertz CT molecular complexity index is 1040. The van der Waals surface area contributed by atoms with Crippen LogP contribution in [0.3, 0.4) is 0 Å². The Morgan fingerprint density at radius 1 is 1.08 bits per heavy atom. The van der Waals surface area contributed by atoms with Crippen LogP contribution in [0.15, 0.2) is 53.6 Å². The fourth-order valence-corrected chi connectivity index (χ4v) is 3.44. The highest BCUT2D eigenvalue weighted by molar-refractivity contribution is 7.90. The standard InChI is InChI=1S/C18H17NO5S/c1-25(23,24)13-3-4-14(12(8-13)10-20)11-2-5-17-16(9-11)15(18(21)22)6-7-19-17/h2-9,18,20-22H,10H2,1H3. The zero-order chi connectivity index (χ0) is 18.2. The molecule has 0 radical (unpaired) electrons. The second kappa shape index (κ2) is 6.53. The summed E-state index contributed by atoms with van der Waals surface area (Å²) in [4.78, 5) is 4.33. The van der Waals surface area contributed by atoms with Gasteiger partial charge in [-0.1, -0.05) is 12.1 Å². The van der Waals surface area contributed by atoms with Crippen LogP contribution in [0.5, 0.6) is 0 Å². The van der Waals surface area contributed by atoms with Gasteiger partial charge in [0, 0.05) is 23.4 Å². The molecule has 25 heavy (non-hydrogen) atoms. The zero-order valence-corrected chi connectivity index (χ0v) is 14.2. The van der Waals surface area contributed by atoms with Crippen LogP contribution >= 0.6 is 0 Å². The minimum absolute atomic E-state index is 0.134. The van der Waals surface area contributed by atoms with E-state index < -0.39 is 16.1 Å². The van der Waals surface area contributed by atoms with Gasteiger partial charge in [-0.2, -0.15) is 0 Å². The quantitative estimate of drug-likeness (QED) is 0.613. The molecule has 0 unspecified atom stereocenters. The molecule has 0 bridgehead atoms. The lowest BCUT2D eigenvalue weighted by molar-refractivity contribution is -0.0413. The highest BCUT2D eigenvalue weighted by atomic mass is 32.2. The van der Waals surface area contributed by atoms with Crippen molar-refractivity contribution in [2.75, 3.05) is 6.26 Å². The summed E-state index contributed by atoms with van der Waals surface area (Å²) in [6.45, 7) is -0.320. The zero-order valence-electron chi connectivity index (χ0n) is 13.4. The van der Waals surface area contributed by atoms with E-state index in [9.17, 15) is 23.7 Å². The number of nitrogens with zero attached hydrogens (tertiary/aromatic N) is 1. The number of fused-ring (bicyclic) bond motifs is 1. The van der Waals surface area contributed by atoms with Gasteiger partial charge in [0.1, 0.15) is 0 Å². The lowest BCUT2D eigenvalue weighted by Crippen LogP contribution is -2.00. The SMILES string of the molecule is CS(=O)(=O)c1ccc(-c2ccc3nccc(C(O)O)c3c2)c(CO)c1. The maximum atomic E-state index is 11.7. The van der Waals surface area contributed by atoms with Gasteiger partial charge in [0.2, 0.25) is 0 Å². The molecule has 0 atom stereocenters. The van der Waals surface area contributed by atoms with Gasteiger partial charge in [-0.05, 0) is 47.0 Å². The van der Waals surface area contributed by atoms with E-state index in [1.807, 2.05) is 0 Å². The Hall–Kier alpha value is -2.32. The number of rotatable bonds is 4. The molecule has 130 valence electrons. The molecule has 0 aliphatic rings. The van der Waals surface area contributed by atoms with E-state index >= 15 is 0 Å². The number of aromatic nitrogens is 1. The largest absolute Gasteiger partial charge is 0.392 e. The predicted molar refractivity (Wildman–Crippen MR) is 93.4 cm³/mol. The molecule has 2 aromatic carbocycles. The van der Waals surface area contributed by atoms with Gasteiger partial charge in [-0.25, -0.2) is 8.42 Å². The van der Waals surface area contributed by atoms with E-state index in [0.717, 1.165) is 6.26 Å². The van der Waals surface area contributed by atoms with Gasteiger partial charge < -0.3 is 15.3 Å². The maximum Gasteiger partial charge on any atom is 0.179 e.